The lowest BCUT2D eigenvalue weighted by molar-refractivity contribution is 0.491. The molecule has 0 radical (unpaired) electrons. The summed E-state index contributed by atoms with van der Waals surface area (Å²) < 4.78 is 0. The van der Waals surface area contributed by atoms with Crippen LogP contribution in [0, 0.1) is 0 Å². The minimum atomic E-state index is 0.842. The van der Waals surface area contributed by atoms with E-state index in [0.717, 1.165) is 33.1 Å². The van der Waals surface area contributed by atoms with Crippen LogP contribution in [0.25, 0.3) is 0 Å². The van der Waals surface area contributed by atoms with Gasteiger partial charge in [-0.05, 0) is 41.8 Å². The van der Waals surface area contributed by atoms with Crippen LogP contribution in [-0.4, -0.2) is 74.5 Å². The Labute approximate surface area is 220 Å². The molecule has 192 valence electrons. The van der Waals surface area contributed by atoms with E-state index in [4.69, 9.17) is 0 Å². The zero-order valence-corrected chi connectivity index (χ0v) is 22.2. The first-order chi connectivity index (χ1) is 17.9. The maximum absolute atomic E-state index is 2.41. The van der Waals surface area contributed by atoms with Gasteiger partial charge in [-0.2, -0.15) is 0 Å². The average molecular weight is 497 g/mol. The molecule has 0 N–H and O–H groups in total. The molecule has 4 aliphatic rings. The van der Waals surface area contributed by atoms with Crippen molar-refractivity contribution < 1.29 is 0 Å². The molecule has 0 unspecified atom stereocenters. The van der Waals surface area contributed by atoms with Crippen LogP contribution in [0.3, 0.4) is 0 Å². The minimum absolute atomic E-state index is 0.842. The molecule has 0 spiro atoms. The van der Waals surface area contributed by atoms with E-state index >= 15 is 0 Å². The van der Waals surface area contributed by atoms with Crippen molar-refractivity contribution in [2.24, 2.45) is 0 Å². The van der Waals surface area contributed by atoms with Gasteiger partial charge in [-0.25, -0.2) is 0 Å². The molecule has 6 rings (SSSR count). The predicted octanol–water partition coefficient (Wildman–Crippen LogP) is 4.00. The Morgan fingerprint density at radius 3 is 1.51 bits per heavy atom. The van der Waals surface area contributed by atoms with E-state index in [1.807, 2.05) is 0 Å². The molecule has 0 fully saturated rings. The smallest absolute Gasteiger partial charge is 0.0939 e. The summed E-state index contributed by atoms with van der Waals surface area (Å²) in [6.45, 7) is 3.41. The molecule has 0 aliphatic carbocycles. The van der Waals surface area contributed by atoms with Crippen LogP contribution in [0.5, 0.6) is 0 Å². The van der Waals surface area contributed by atoms with Crippen LogP contribution < -0.4 is 19.6 Å². The Bertz CT molecular complexity index is 1280. The lowest BCUT2D eigenvalue weighted by Crippen LogP contribution is -2.28. The van der Waals surface area contributed by atoms with E-state index < -0.39 is 0 Å². The number of anilines is 4. The highest BCUT2D eigenvalue weighted by Crippen LogP contribution is 2.40. The third kappa shape index (κ3) is 4.67. The van der Waals surface area contributed by atoms with Gasteiger partial charge in [0.25, 0.3) is 0 Å². The summed E-state index contributed by atoms with van der Waals surface area (Å²) in [6, 6.07) is 13.7. The van der Waals surface area contributed by atoms with Gasteiger partial charge in [0.05, 0.1) is 38.0 Å². The summed E-state index contributed by atoms with van der Waals surface area (Å²) in [5.41, 5.74) is 7.57. The highest BCUT2D eigenvalue weighted by atomic mass is 15.4. The number of hydrogen-bond donors (Lipinski definition) is 0. The summed E-state index contributed by atoms with van der Waals surface area (Å²) in [5, 5.41) is 0. The van der Waals surface area contributed by atoms with Gasteiger partial charge in [-0.3, -0.25) is 0 Å². The van der Waals surface area contributed by atoms with Crippen molar-refractivity contribution in [3.63, 3.8) is 0 Å². The number of nitrogens with zero attached hydrogens (tertiary/aromatic N) is 8. The second-order valence-corrected chi connectivity index (χ2v) is 10.5. The van der Waals surface area contributed by atoms with Crippen molar-refractivity contribution in [2.75, 3.05) is 74.5 Å². The van der Waals surface area contributed by atoms with E-state index in [1.165, 1.54) is 33.9 Å². The molecule has 37 heavy (non-hydrogen) atoms. The van der Waals surface area contributed by atoms with E-state index in [0.29, 0.717) is 0 Å². The van der Waals surface area contributed by atoms with Crippen molar-refractivity contribution in [2.45, 2.75) is 6.42 Å². The fraction of sp³-hybridized carbons (Fsp3) is 0.310. The Morgan fingerprint density at radius 2 is 1.00 bits per heavy atom. The zero-order chi connectivity index (χ0) is 25.5. The van der Waals surface area contributed by atoms with Gasteiger partial charge in [0.2, 0.25) is 0 Å². The molecule has 4 aliphatic heterocycles. The molecule has 0 amide bonds. The zero-order valence-electron chi connectivity index (χ0n) is 22.2. The highest BCUT2D eigenvalue weighted by Gasteiger charge is 2.25. The quantitative estimate of drug-likeness (QED) is 0.592. The molecule has 2 aromatic carbocycles. The van der Waals surface area contributed by atoms with Crippen molar-refractivity contribution in [1.82, 2.24) is 19.6 Å². The maximum Gasteiger partial charge on any atom is 0.0939 e. The van der Waals surface area contributed by atoms with Gasteiger partial charge < -0.3 is 39.2 Å². The maximum atomic E-state index is 2.41. The van der Waals surface area contributed by atoms with Crippen LogP contribution in [0.2, 0.25) is 0 Å². The summed E-state index contributed by atoms with van der Waals surface area (Å²) >= 11 is 0. The summed E-state index contributed by atoms with van der Waals surface area (Å²) in [5.74, 6) is 0. The number of hydrogen-bond acceptors (Lipinski definition) is 8. The van der Waals surface area contributed by atoms with Crippen LogP contribution >= 0.6 is 0 Å². The molecular formula is C29H36N8. The van der Waals surface area contributed by atoms with E-state index in [2.05, 4.69) is 153 Å². The van der Waals surface area contributed by atoms with Crippen molar-refractivity contribution in [3.05, 3.63) is 97.1 Å². The van der Waals surface area contributed by atoms with E-state index in [-0.39, 0.29) is 0 Å². The van der Waals surface area contributed by atoms with Crippen LogP contribution in [0.1, 0.15) is 11.1 Å². The minimum Gasteiger partial charge on any atom is -0.361 e. The van der Waals surface area contributed by atoms with Gasteiger partial charge in [0.15, 0.2) is 0 Å². The molecule has 0 bridgehead atoms. The molecule has 0 saturated carbocycles. The predicted molar refractivity (Wildman–Crippen MR) is 153 cm³/mol. The fourth-order valence-electron chi connectivity index (χ4n) is 5.30. The molecule has 4 heterocycles. The van der Waals surface area contributed by atoms with Crippen LogP contribution in [0.4, 0.5) is 22.7 Å². The topological polar surface area (TPSA) is 25.9 Å². The van der Waals surface area contributed by atoms with Crippen molar-refractivity contribution in [1.29, 1.82) is 0 Å². The Hall–Kier alpha value is -4.20. The second-order valence-electron chi connectivity index (χ2n) is 10.5. The number of benzene rings is 2. The highest BCUT2D eigenvalue weighted by molar-refractivity contribution is 5.81. The fourth-order valence-corrected chi connectivity index (χ4v) is 5.30. The lowest BCUT2D eigenvalue weighted by Gasteiger charge is -2.30. The third-order valence-electron chi connectivity index (χ3n) is 7.25. The van der Waals surface area contributed by atoms with Gasteiger partial charge in [-0.1, -0.05) is 12.1 Å². The lowest BCUT2D eigenvalue weighted by atomic mass is 9.99. The van der Waals surface area contributed by atoms with Gasteiger partial charge >= 0.3 is 0 Å². The van der Waals surface area contributed by atoms with Crippen molar-refractivity contribution >= 4 is 22.7 Å². The monoisotopic (exact) mass is 496 g/mol. The standard InChI is InChI=1S/C29H36N8/c1-30-8-12-34(20-30)26-7-5-6-24(17-26)16-25-18-28(36-14-10-32(3)22-36)29(37-15-11-33(4)23-37)19-27(25)35-13-9-31(2)21-35/h5-15,17-19H,16,20-23H2,1-4H3. The van der Waals surface area contributed by atoms with Crippen LogP contribution in [-0.2, 0) is 6.42 Å². The Balaban J connectivity index is 1.41. The van der Waals surface area contributed by atoms with E-state index in [9.17, 15) is 0 Å². The molecular weight excluding hydrogens is 460 g/mol. The molecule has 0 aromatic heterocycles. The molecule has 0 atom stereocenters. The van der Waals surface area contributed by atoms with Gasteiger partial charge in [0.1, 0.15) is 0 Å². The van der Waals surface area contributed by atoms with Crippen LogP contribution in [0.15, 0.2) is 86.0 Å². The largest absolute Gasteiger partial charge is 0.361 e. The summed E-state index contributed by atoms with van der Waals surface area (Å²) in [6.07, 6.45) is 18.1. The van der Waals surface area contributed by atoms with Gasteiger partial charge in [-0.15, -0.1) is 0 Å². The first-order valence-corrected chi connectivity index (χ1v) is 12.8. The normalized spacial score (nSPS) is 18.7. The average Bonchev–Trinajstić information content (AvgIpc) is 3.68. The summed E-state index contributed by atoms with van der Waals surface area (Å²) in [4.78, 5) is 18.2. The molecule has 0 saturated heterocycles. The third-order valence-corrected chi connectivity index (χ3v) is 7.25. The second kappa shape index (κ2) is 9.35. The summed E-state index contributed by atoms with van der Waals surface area (Å²) in [7, 11) is 8.47. The Morgan fingerprint density at radius 1 is 0.514 bits per heavy atom. The van der Waals surface area contributed by atoms with Crippen molar-refractivity contribution in [3.8, 4) is 0 Å². The molecule has 8 nitrogen and oxygen atoms in total. The first-order valence-electron chi connectivity index (χ1n) is 12.8. The number of rotatable bonds is 6. The molecule has 8 heteroatoms. The Kier molecular flexibility index (Phi) is 5.87. The SMILES string of the molecule is CN1C=CN(c2cccc(Cc3cc(N4C=CN(C)C4)c(N4C=CN(C)C4)cc3N3C=CN(C)C3)c2)C1. The van der Waals surface area contributed by atoms with E-state index in [1.54, 1.807) is 0 Å². The van der Waals surface area contributed by atoms with Gasteiger partial charge in [0, 0.05) is 89.2 Å². The molecule has 2 aromatic rings. The first kappa shape index (κ1) is 23.2.